The van der Waals surface area contributed by atoms with E-state index < -0.39 is 25.1 Å². The van der Waals surface area contributed by atoms with Crippen LogP contribution in [-0.2, 0) is 9.47 Å². The molecule has 88 valence electrons. The summed E-state index contributed by atoms with van der Waals surface area (Å²) in [4.78, 5) is 0. The molecule has 0 amide bonds. The van der Waals surface area contributed by atoms with Gasteiger partial charge in [0.15, 0.2) is 6.29 Å². The van der Waals surface area contributed by atoms with E-state index in [4.69, 9.17) is 9.47 Å². The van der Waals surface area contributed by atoms with E-state index in [0.29, 0.717) is 6.42 Å². The highest BCUT2D eigenvalue weighted by Gasteiger charge is 2.38. The molecule has 0 N–H and O–H groups in total. The highest BCUT2D eigenvalue weighted by molar-refractivity contribution is 5.60. The quantitative estimate of drug-likeness (QED) is 0.676. The second-order valence-corrected chi connectivity index (χ2v) is 3.15. The van der Waals surface area contributed by atoms with Crippen LogP contribution in [0.25, 0.3) is 0 Å². The van der Waals surface area contributed by atoms with Crippen LogP contribution in [0.4, 0.5) is 13.2 Å². The van der Waals surface area contributed by atoms with Gasteiger partial charge < -0.3 is 9.47 Å². The lowest BCUT2D eigenvalue weighted by atomic mass is 10.2. The molecule has 0 radical (unpaired) electrons. The molecule has 0 saturated carbocycles. The summed E-state index contributed by atoms with van der Waals surface area (Å²) in [6.45, 7) is -1.09. The average Bonchev–Trinajstić information content (AvgIpc) is 2.53. The number of rotatable bonds is 4. The standard InChI is InChI=1S/C8H13F3N2O2/c1-14-7(15-2)6-3-4-12-13(6)5-8(9,10)11/h4,6-7H,3,5H2,1-2H3. The SMILES string of the molecule is COC(OC)C1CC=NN1CC(F)(F)F. The Balaban J connectivity index is 2.59. The van der Waals surface area contributed by atoms with Crippen molar-refractivity contribution in [1.82, 2.24) is 5.01 Å². The van der Waals surface area contributed by atoms with Gasteiger partial charge in [0.2, 0.25) is 0 Å². The van der Waals surface area contributed by atoms with Gasteiger partial charge in [0.25, 0.3) is 0 Å². The van der Waals surface area contributed by atoms with E-state index >= 15 is 0 Å². The van der Waals surface area contributed by atoms with Gasteiger partial charge in [-0.3, -0.25) is 5.01 Å². The summed E-state index contributed by atoms with van der Waals surface area (Å²) < 4.78 is 46.3. The Morgan fingerprint density at radius 3 is 2.53 bits per heavy atom. The van der Waals surface area contributed by atoms with Crippen molar-refractivity contribution in [3.63, 3.8) is 0 Å². The molecule has 15 heavy (non-hydrogen) atoms. The lowest BCUT2D eigenvalue weighted by Crippen LogP contribution is -2.43. The number of halogens is 3. The first kappa shape index (κ1) is 12.3. The van der Waals surface area contributed by atoms with Crippen LogP contribution >= 0.6 is 0 Å². The third kappa shape index (κ3) is 3.35. The zero-order valence-corrected chi connectivity index (χ0v) is 8.49. The fraction of sp³-hybridized carbons (Fsp3) is 0.875. The molecule has 7 heteroatoms. The van der Waals surface area contributed by atoms with Crippen molar-refractivity contribution in [2.45, 2.75) is 24.9 Å². The van der Waals surface area contributed by atoms with Gasteiger partial charge in [-0.2, -0.15) is 18.3 Å². The highest BCUT2D eigenvalue weighted by Crippen LogP contribution is 2.23. The minimum absolute atomic E-state index is 0.391. The molecule has 1 unspecified atom stereocenters. The molecule has 1 atom stereocenters. The molecule has 0 aromatic carbocycles. The third-order valence-electron chi connectivity index (χ3n) is 2.08. The number of alkyl halides is 3. The molecule has 1 aliphatic heterocycles. The van der Waals surface area contributed by atoms with E-state index in [1.807, 2.05) is 0 Å². The predicted octanol–water partition coefficient (Wildman–Crippen LogP) is 1.23. The highest BCUT2D eigenvalue weighted by atomic mass is 19.4. The number of nitrogens with zero attached hydrogens (tertiary/aromatic N) is 2. The van der Waals surface area contributed by atoms with Crippen LogP contribution in [0.3, 0.4) is 0 Å². The largest absolute Gasteiger partial charge is 0.407 e. The van der Waals surface area contributed by atoms with Gasteiger partial charge in [-0.05, 0) is 0 Å². The molecule has 4 nitrogen and oxygen atoms in total. The first-order valence-corrected chi connectivity index (χ1v) is 4.39. The molecule has 0 aliphatic carbocycles. The molecule has 0 saturated heterocycles. The van der Waals surface area contributed by atoms with Crippen molar-refractivity contribution in [3.05, 3.63) is 0 Å². The number of hydrazone groups is 1. The van der Waals surface area contributed by atoms with Crippen molar-refractivity contribution in [2.75, 3.05) is 20.8 Å². The lowest BCUT2D eigenvalue weighted by molar-refractivity contribution is -0.180. The fourth-order valence-corrected chi connectivity index (χ4v) is 1.47. The van der Waals surface area contributed by atoms with Crippen LogP contribution in [0.15, 0.2) is 5.10 Å². The molecule has 1 rings (SSSR count). The maximum atomic E-state index is 12.2. The molecule has 0 spiro atoms. The normalized spacial score (nSPS) is 21.7. The van der Waals surface area contributed by atoms with Gasteiger partial charge in [-0.1, -0.05) is 0 Å². The Hall–Kier alpha value is -0.820. The average molecular weight is 226 g/mol. The summed E-state index contributed by atoms with van der Waals surface area (Å²) in [7, 11) is 2.77. The van der Waals surface area contributed by atoms with E-state index in [0.717, 1.165) is 5.01 Å². The maximum Gasteiger partial charge on any atom is 0.407 e. The summed E-state index contributed by atoms with van der Waals surface area (Å²) in [5, 5.41) is 4.59. The minimum atomic E-state index is -4.27. The van der Waals surface area contributed by atoms with Gasteiger partial charge in [0.1, 0.15) is 12.6 Å². The Bertz CT molecular complexity index is 228. The van der Waals surface area contributed by atoms with Gasteiger partial charge in [-0.15, -0.1) is 0 Å². The Kier molecular flexibility index (Phi) is 3.92. The summed E-state index contributed by atoms with van der Waals surface area (Å²) in [5.41, 5.74) is 0. The summed E-state index contributed by atoms with van der Waals surface area (Å²) in [6.07, 6.45) is -3.15. The lowest BCUT2D eigenvalue weighted by Gasteiger charge is -2.29. The van der Waals surface area contributed by atoms with Crippen LogP contribution in [-0.4, -0.2) is 50.5 Å². The van der Waals surface area contributed by atoms with Crippen molar-refractivity contribution in [1.29, 1.82) is 0 Å². The van der Waals surface area contributed by atoms with Crippen molar-refractivity contribution < 1.29 is 22.6 Å². The minimum Gasteiger partial charge on any atom is -0.354 e. The number of methoxy groups -OCH3 is 2. The summed E-state index contributed by atoms with van der Waals surface area (Å²) in [5.74, 6) is 0. The fourth-order valence-electron chi connectivity index (χ4n) is 1.47. The monoisotopic (exact) mass is 226 g/mol. The van der Waals surface area contributed by atoms with E-state index in [2.05, 4.69) is 5.10 Å². The molecule has 1 heterocycles. The van der Waals surface area contributed by atoms with Crippen LogP contribution in [0.2, 0.25) is 0 Å². The van der Waals surface area contributed by atoms with Crippen molar-refractivity contribution in [3.8, 4) is 0 Å². The second-order valence-electron chi connectivity index (χ2n) is 3.15. The van der Waals surface area contributed by atoms with Gasteiger partial charge >= 0.3 is 6.18 Å². The van der Waals surface area contributed by atoms with Crippen LogP contribution in [0.1, 0.15) is 6.42 Å². The molecule has 0 aromatic rings. The van der Waals surface area contributed by atoms with Gasteiger partial charge in [0.05, 0.1) is 0 Å². The third-order valence-corrected chi connectivity index (χ3v) is 2.08. The Morgan fingerprint density at radius 1 is 1.47 bits per heavy atom. The van der Waals surface area contributed by atoms with Gasteiger partial charge in [-0.25, -0.2) is 0 Å². The first-order valence-electron chi connectivity index (χ1n) is 4.39. The molecular weight excluding hydrogens is 213 g/mol. The number of hydrogen-bond donors (Lipinski definition) is 0. The predicted molar refractivity (Wildman–Crippen MR) is 47.5 cm³/mol. The van der Waals surface area contributed by atoms with E-state index in [-0.39, 0.29) is 0 Å². The van der Waals surface area contributed by atoms with E-state index in [1.54, 1.807) is 0 Å². The Morgan fingerprint density at radius 2 is 2.07 bits per heavy atom. The van der Waals surface area contributed by atoms with Gasteiger partial charge in [0, 0.05) is 26.9 Å². The number of hydrogen-bond acceptors (Lipinski definition) is 4. The Labute approximate surface area is 85.6 Å². The second kappa shape index (κ2) is 4.80. The first-order chi connectivity index (χ1) is 6.98. The molecule has 1 aliphatic rings. The summed E-state index contributed by atoms with van der Waals surface area (Å²) in [6, 6.07) is -0.512. The number of ether oxygens (including phenoxy) is 2. The zero-order valence-electron chi connectivity index (χ0n) is 8.49. The molecule has 0 fully saturated rings. The molecular formula is C8H13F3N2O2. The molecule has 0 bridgehead atoms. The van der Waals surface area contributed by atoms with E-state index in [1.165, 1.54) is 20.4 Å². The van der Waals surface area contributed by atoms with Crippen molar-refractivity contribution in [2.24, 2.45) is 5.10 Å². The van der Waals surface area contributed by atoms with Crippen LogP contribution in [0.5, 0.6) is 0 Å². The van der Waals surface area contributed by atoms with Crippen molar-refractivity contribution >= 4 is 6.21 Å². The van der Waals surface area contributed by atoms with E-state index in [9.17, 15) is 13.2 Å². The molecule has 0 aromatic heterocycles. The topological polar surface area (TPSA) is 34.1 Å². The van der Waals surface area contributed by atoms with Crippen LogP contribution < -0.4 is 0 Å². The smallest absolute Gasteiger partial charge is 0.354 e. The zero-order chi connectivity index (χ0) is 11.5. The van der Waals surface area contributed by atoms with Crippen LogP contribution in [0, 0.1) is 0 Å². The summed E-state index contributed by atoms with van der Waals surface area (Å²) >= 11 is 0. The maximum absolute atomic E-state index is 12.2.